The standard InChI is InChI=1S/C19H20N4/c1-14-7-3-5-9-16(14)13-21-18-11-12-20-19(23-18)22-17-10-6-4-8-15(17)2/h3-12H,13H2,1-2H3,(H2,20,21,22,23). The lowest BCUT2D eigenvalue weighted by Gasteiger charge is -2.11. The molecule has 0 amide bonds. The molecule has 1 heterocycles. The second-order valence-corrected chi connectivity index (χ2v) is 5.49. The van der Waals surface area contributed by atoms with Crippen molar-refractivity contribution in [1.29, 1.82) is 0 Å². The van der Waals surface area contributed by atoms with E-state index in [1.807, 2.05) is 30.3 Å². The van der Waals surface area contributed by atoms with Crippen molar-refractivity contribution in [2.75, 3.05) is 10.6 Å². The lowest BCUT2D eigenvalue weighted by molar-refractivity contribution is 1.07. The van der Waals surface area contributed by atoms with E-state index in [-0.39, 0.29) is 0 Å². The monoisotopic (exact) mass is 304 g/mol. The smallest absolute Gasteiger partial charge is 0.229 e. The van der Waals surface area contributed by atoms with Crippen LogP contribution in [0.15, 0.2) is 60.8 Å². The molecular weight excluding hydrogens is 284 g/mol. The first-order valence-corrected chi connectivity index (χ1v) is 7.66. The van der Waals surface area contributed by atoms with E-state index in [4.69, 9.17) is 0 Å². The van der Waals surface area contributed by atoms with Crippen LogP contribution in [-0.4, -0.2) is 9.97 Å². The summed E-state index contributed by atoms with van der Waals surface area (Å²) >= 11 is 0. The van der Waals surface area contributed by atoms with Crippen LogP contribution < -0.4 is 10.6 Å². The second-order valence-electron chi connectivity index (χ2n) is 5.49. The number of aryl methyl sites for hydroxylation is 2. The highest BCUT2D eigenvalue weighted by Gasteiger charge is 2.03. The van der Waals surface area contributed by atoms with Gasteiger partial charge in [0, 0.05) is 18.4 Å². The van der Waals surface area contributed by atoms with Crippen molar-refractivity contribution in [1.82, 2.24) is 9.97 Å². The van der Waals surface area contributed by atoms with E-state index in [2.05, 4.69) is 58.7 Å². The minimum absolute atomic E-state index is 0.592. The molecule has 23 heavy (non-hydrogen) atoms. The molecule has 0 unspecified atom stereocenters. The lowest BCUT2D eigenvalue weighted by atomic mass is 10.1. The number of hydrogen-bond donors (Lipinski definition) is 2. The Morgan fingerprint density at radius 1 is 0.870 bits per heavy atom. The fourth-order valence-electron chi connectivity index (χ4n) is 2.35. The summed E-state index contributed by atoms with van der Waals surface area (Å²) in [4.78, 5) is 8.81. The van der Waals surface area contributed by atoms with Gasteiger partial charge >= 0.3 is 0 Å². The Bertz CT molecular complexity index is 799. The zero-order valence-electron chi connectivity index (χ0n) is 13.4. The Balaban J connectivity index is 1.70. The topological polar surface area (TPSA) is 49.8 Å². The molecule has 0 saturated heterocycles. The molecule has 0 saturated carbocycles. The minimum Gasteiger partial charge on any atom is -0.366 e. The van der Waals surface area contributed by atoms with E-state index in [9.17, 15) is 0 Å². The summed E-state index contributed by atoms with van der Waals surface area (Å²) in [6.07, 6.45) is 1.76. The first kappa shape index (κ1) is 15.0. The average Bonchev–Trinajstić information content (AvgIpc) is 2.57. The van der Waals surface area contributed by atoms with Crippen molar-refractivity contribution in [3.8, 4) is 0 Å². The fraction of sp³-hybridized carbons (Fsp3) is 0.158. The van der Waals surface area contributed by atoms with Gasteiger partial charge in [-0.3, -0.25) is 0 Å². The molecule has 0 aliphatic heterocycles. The quantitative estimate of drug-likeness (QED) is 0.731. The number of anilines is 3. The summed E-state index contributed by atoms with van der Waals surface area (Å²) in [5.74, 6) is 1.40. The minimum atomic E-state index is 0.592. The number of para-hydroxylation sites is 1. The highest BCUT2D eigenvalue weighted by molar-refractivity contribution is 5.58. The molecular formula is C19H20N4. The highest BCUT2D eigenvalue weighted by Crippen LogP contribution is 2.18. The van der Waals surface area contributed by atoms with Crippen LogP contribution in [-0.2, 0) is 6.54 Å². The van der Waals surface area contributed by atoms with Crippen LogP contribution in [0.5, 0.6) is 0 Å². The van der Waals surface area contributed by atoms with Gasteiger partial charge in [0.2, 0.25) is 5.95 Å². The van der Waals surface area contributed by atoms with Crippen LogP contribution in [0.3, 0.4) is 0 Å². The third-order valence-electron chi connectivity index (χ3n) is 3.77. The van der Waals surface area contributed by atoms with Crippen molar-refractivity contribution in [2.45, 2.75) is 20.4 Å². The largest absolute Gasteiger partial charge is 0.366 e. The number of nitrogens with zero attached hydrogens (tertiary/aromatic N) is 2. The number of rotatable bonds is 5. The SMILES string of the molecule is Cc1ccccc1CNc1ccnc(Nc2ccccc2C)n1. The molecule has 3 rings (SSSR count). The van der Waals surface area contributed by atoms with Crippen LogP contribution in [0.2, 0.25) is 0 Å². The fourth-order valence-corrected chi connectivity index (χ4v) is 2.35. The molecule has 116 valence electrons. The number of benzene rings is 2. The summed E-state index contributed by atoms with van der Waals surface area (Å²) in [6, 6.07) is 18.3. The van der Waals surface area contributed by atoms with Crippen LogP contribution in [0.1, 0.15) is 16.7 Å². The molecule has 1 aromatic heterocycles. The summed E-state index contributed by atoms with van der Waals surface area (Å²) in [5, 5.41) is 6.61. The summed E-state index contributed by atoms with van der Waals surface area (Å²) in [7, 11) is 0. The third-order valence-corrected chi connectivity index (χ3v) is 3.77. The third kappa shape index (κ3) is 3.86. The molecule has 0 radical (unpaired) electrons. The molecule has 3 aromatic rings. The van der Waals surface area contributed by atoms with E-state index < -0.39 is 0 Å². The maximum Gasteiger partial charge on any atom is 0.229 e. The molecule has 0 bridgehead atoms. The predicted molar refractivity (Wildman–Crippen MR) is 95.0 cm³/mol. The van der Waals surface area contributed by atoms with Gasteiger partial charge in [-0.05, 0) is 42.7 Å². The number of hydrogen-bond acceptors (Lipinski definition) is 4. The molecule has 2 N–H and O–H groups in total. The van der Waals surface area contributed by atoms with Gasteiger partial charge in [-0.15, -0.1) is 0 Å². The Morgan fingerprint density at radius 3 is 2.39 bits per heavy atom. The molecule has 4 nitrogen and oxygen atoms in total. The van der Waals surface area contributed by atoms with E-state index in [1.165, 1.54) is 11.1 Å². The van der Waals surface area contributed by atoms with Crippen LogP contribution >= 0.6 is 0 Å². The lowest BCUT2D eigenvalue weighted by Crippen LogP contribution is -2.05. The molecule has 0 aliphatic carbocycles. The molecule has 0 spiro atoms. The predicted octanol–water partition coefficient (Wildman–Crippen LogP) is 4.45. The van der Waals surface area contributed by atoms with Crippen molar-refractivity contribution in [3.63, 3.8) is 0 Å². The van der Waals surface area contributed by atoms with E-state index in [0.29, 0.717) is 5.95 Å². The van der Waals surface area contributed by atoms with Gasteiger partial charge in [-0.2, -0.15) is 4.98 Å². The Kier molecular flexibility index (Phi) is 4.52. The number of nitrogens with one attached hydrogen (secondary N) is 2. The van der Waals surface area contributed by atoms with Crippen molar-refractivity contribution < 1.29 is 0 Å². The molecule has 2 aromatic carbocycles. The van der Waals surface area contributed by atoms with Crippen molar-refractivity contribution in [3.05, 3.63) is 77.5 Å². The summed E-state index contributed by atoms with van der Waals surface area (Å²) in [5.41, 5.74) is 4.71. The van der Waals surface area contributed by atoms with Crippen LogP contribution in [0.25, 0.3) is 0 Å². The Morgan fingerprint density at radius 2 is 1.61 bits per heavy atom. The highest BCUT2D eigenvalue weighted by atomic mass is 15.1. The first-order chi connectivity index (χ1) is 11.2. The van der Waals surface area contributed by atoms with Gasteiger partial charge in [0.05, 0.1) is 0 Å². The molecule has 4 heteroatoms. The zero-order chi connectivity index (χ0) is 16.1. The summed E-state index contributed by atoms with van der Waals surface area (Å²) in [6.45, 7) is 4.91. The maximum absolute atomic E-state index is 4.52. The van der Waals surface area contributed by atoms with E-state index in [0.717, 1.165) is 23.6 Å². The zero-order valence-corrected chi connectivity index (χ0v) is 13.4. The van der Waals surface area contributed by atoms with Gasteiger partial charge in [0.1, 0.15) is 5.82 Å². The molecule has 0 fully saturated rings. The summed E-state index contributed by atoms with van der Waals surface area (Å²) < 4.78 is 0. The molecule has 0 aliphatic rings. The number of aromatic nitrogens is 2. The second kappa shape index (κ2) is 6.92. The van der Waals surface area contributed by atoms with Gasteiger partial charge < -0.3 is 10.6 Å². The Hall–Kier alpha value is -2.88. The van der Waals surface area contributed by atoms with Crippen LogP contribution in [0, 0.1) is 13.8 Å². The van der Waals surface area contributed by atoms with E-state index >= 15 is 0 Å². The van der Waals surface area contributed by atoms with Crippen molar-refractivity contribution in [2.24, 2.45) is 0 Å². The first-order valence-electron chi connectivity index (χ1n) is 7.66. The Labute approximate surface area is 136 Å². The van der Waals surface area contributed by atoms with Gasteiger partial charge in [-0.1, -0.05) is 42.5 Å². The van der Waals surface area contributed by atoms with E-state index in [1.54, 1.807) is 6.20 Å². The van der Waals surface area contributed by atoms with Gasteiger partial charge in [-0.25, -0.2) is 4.98 Å². The normalized spacial score (nSPS) is 10.3. The van der Waals surface area contributed by atoms with Gasteiger partial charge in [0.15, 0.2) is 0 Å². The van der Waals surface area contributed by atoms with Crippen molar-refractivity contribution >= 4 is 17.5 Å². The maximum atomic E-state index is 4.52. The molecule has 0 atom stereocenters. The average molecular weight is 304 g/mol. The van der Waals surface area contributed by atoms with Crippen LogP contribution in [0.4, 0.5) is 17.5 Å². The van der Waals surface area contributed by atoms with Gasteiger partial charge in [0.25, 0.3) is 0 Å².